The lowest BCUT2D eigenvalue weighted by molar-refractivity contribution is -0.139. The second-order valence-corrected chi connectivity index (χ2v) is 5.56. The zero-order valence-corrected chi connectivity index (χ0v) is 12.1. The molecule has 1 rings (SSSR count). The second kappa shape index (κ2) is 7.23. The Kier molecular flexibility index (Phi) is 5.95. The van der Waals surface area contributed by atoms with E-state index in [9.17, 15) is 9.59 Å². The summed E-state index contributed by atoms with van der Waals surface area (Å²) in [6, 6.07) is 2.40. The first-order valence-electron chi connectivity index (χ1n) is 6.05. The number of nitrogens with one attached hydrogen (secondary N) is 1. The van der Waals surface area contributed by atoms with Crippen LogP contribution in [0.15, 0.2) is 16.5 Å². The van der Waals surface area contributed by atoms with Crippen molar-refractivity contribution in [3.63, 3.8) is 0 Å². The molecule has 0 fully saturated rings. The van der Waals surface area contributed by atoms with E-state index in [0.29, 0.717) is 17.9 Å². The summed E-state index contributed by atoms with van der Waals surface area (Å²) in [6.45, 7) is 3.82. The number of aliphatic carboxylic acids is 1. The highest BCUT2D eigenvalue weighted by molar-refractivity contribution is 7.97. The van der Waals surface area contributed by atoms with Gasteiger partial charge in [0.15, 0.2) is 5.76 Å². The van der Waals surface area contributed by atoms with Crippen LogP contribution in [0.2, 0.25) is 0 Å². The van der Waals surface area contributed by atoms with Crippen LogP contribution in [0.3, 0.4) is 0 Å². The Morgan fingerprint density at radius 2 is 2.11 bits per heavy atom. The van der Waals surface area contributed by atoms with Gasteiger partial charge >= 0.3 is 5.97 Å². The normalized spacial score (nSPS) is 12.4. The third-order valence-corrected chi connectivity index (χ3v) is 3.06. The summed E-state index contributed by atoms with van der Waals surface area (Å²) in [4.78, 5) is 22.9. The average Bonchev–Trinajstić information content (AvgIpc) is 2.76. The van der Waals surface area contributed by atoms with E-state index in [1.165, 1.54) is 0 Å². The SMILES string of the molecule is CSCc1ccc(C(=O)NC(CC(C)C)C(=O)O)o1. The van der Waals surface area contributed by atoms with Gasteiger partial charge in [-0.3, -0.25) is 4.79 Å². The minimum atomic E-state index is -1.03. The maximum Gasteiger partial charge on any atom is 0.326 e. The Morgan fingerprint density at radius 3 is 2.63 bits per heavy atom. The molecule has 2 N–H and O–H groups in total. The van der Waals surface area contributed by atoms with E-state index >= 15 is 0 Å². The monoisotopic (exact) mass is 285 g/mol. The highest BCUT2D eigenvalue weighted by Crippen LogP contribution is 2.14. The molecule has 0 saturated carbocycles. The second-order valence-electron chi connectivity index (χ2n) is 4.69. The van der Waals surface area contributed by atoms with Gasteiger partial charge in [-0.1, -0.05) is 13.8 Å². The highest BCUT2D eigenvalue weighted by atomic mass is 32.2. The molecule has 106 valence electrons. The van der Waals surface area contributed by atoms with Crippen LogP contribution >= 0.6 is 11.8 Å². The first-order chi connectivity index (χ1) is 8.93. The van der Waals surface area contributed by atoms with Crippen LogP contribution in [-0.2, 0) is 10.5 Å². The van der Waals surface area contributed by atoms with Gasteiger partial charge in [-0.15, -0.1) is 0 Å². The minimum absolute atomic E-state index is 0.152. The van der Waals surface area contributed by atoms with Crippen molar-refractivity contribution in [2.75, 3.05) is 6.26 Å². The zero-order valence-electron chi connectivity index (χ0n) is 11.3. The van der Waals surface area contributed by atoms with Gasteiger partial charge in [0.25, 0.3) is 5.91 Å². The molecule has 19 heavy (non-hydrogen) atoms. The summed E-state index contributed by atoms with van der Waals surface area (Å²) in [5, 5.41) is 11.5. The molecule has 0 aliphatic heterocycles. The molecule has 0 aliphatic carbocycles. The van der Waals surface area contributed by atoms with Crippen molar-refractivity contribution in [1.82, 2.24) is 5.32 Å². The molecule has 1 atom stereocenters. The smallest absolute Gasteiger partial charge is 0.326 e. The summed E-state index contributed by atoms with van der Waals surface area (Å²) in [5.74, 6) is 0.206. The van der Waals surface area contributed by atoms with Gasteiger partial charge in [-0.2, -0.15) is 11.8 Å². The van der Waals surface area contributed by atoms with Crippen molar-refractivity contribution < 1.29 is 19.1 Å². The van der Waals surface area contributed by atoms with Crippen LogP contribution in [0.1, 0.15) is 36.6 Å². The topological polar surface area (TPSA) is 79.5 Å². The number of rotatable bonds is 7. The van der Waals surface area contributed by atoms with E-state index in [4.69, 9.17) is 9.52 Å². The number of carboxylic acid groups (broad SMARTS) is 1. The van der Waals surface area contributed by atoms with Crippen molar-refractivity contribution in [1.29, 1.82) is 0 Å². The van der Waals surface area contributed by atoms with Gasteiger partial charge in [0, 0.05) is 0 Å². The summed E-state index contributed by atoms with van der Waals surface area (Å²) >= 11 is 1.59. The molecular weight excluding hydrogens is 266 g/mol. The van der Waals surface area contributed by atoms with E-state index in [1.807, 2.05) is 20.1 Å². The molecule has 0 aliphatic rings. The minimum Gasteiger partial charge on any atom is -0.480 e. The predicted octanol–water partition coefficient (Wildman–Crippen LogP) is 2.37. The van der Waals surface area contributed by atoms with Gasteiger partial charge in [0.05, 0.1) is 5.75 Å². The van der Waals surface area contributed by atoms with Crippen LogP contribution in [-0.4, -0.2) is 29.3 Å². The lowest BCUT2D eigenvalue weighted by atomic mass is 10.0. The fourth-order valence-corrected chi connectivity index (χ4v) is 2.08. The van der Waals surface area contributed by atoms with Crippen molar-refractivity contribution in [3.8, 4) is 0 Å². The molecule has 0 bridgehead atoms. The maximum atomic E-state index is 11.9. The number of carbonyl (C=O) groups excluding carboxylic acids is 1. The summed E-state index contributed by atoms with van der Waals surface area (Å²) < 4.78 is 5.35. The fourth-order valence-electron chi connectivity index (χ4n) is 1.64. The molecular formula is C13H19NO4S. The Labute approximate surface area is 116 Å². The molecule has 1 aromatic heterocycles. The first-order valence-corrected chi connectivity index (χ1v) is 7.44. The van der Waals surface area contributed by atoms with Gasteiger partial charge in [0.2, 0.25) is 0 Å². The molecule has 0 saturated heterocycles. The summed E-state index contributed by atoms with van der Waals surface area (Å²) in [7, 11) is 0. The summed E-state index contributed by atoms with van der Waals surface area (Å²) in [5.41, 5.74) is 0. The molecule has 0 radical (unpaired) electrons. The number of hydrogen-bond acceptors (Lipinski definition) is 4. The van der Waals surface area contributed by atoms with Gasteiger partial charge in [0.1, 0.15) is 11.8 Å². The quantitative estimate of drug-likeness (QED) is 0.804. The summed E-state index contributed by atoms with van der Waals surface area (Å²) in [6.07, 6.45) is 2.32. The first kappa shape index (κ1) is 15.6. The van der Waals surface area contributed by atoms with Crippen LogP contribution in [0.25, 0.3) is 0 Å². The third kappa shape index (κ3) is 4.98. The molecule has 0 aromatic carbocycles. The van der Waals surface area contributed by atoms with Crippen molar-refractivity contribution in [2.24, 2.45) is 5.92 Å². The molecule has 1 heterocycles. The number of carbonyl (C=O) groups is 2. The van der Waals surface area contributed by atoms with Crippen molar-refractivity contribution >= 4 is 23.6 Å². The van der Waals surface area contributed by atoms with Crippen LogP contribution in [0.4, 0.5) is 0 Å². The van der Waals surface area contributed by atoms with Crippen LogP contribution in [0.5, 0.6) is 0 Å². The lowest BCUT2D eigenvalue weighted by Gasteiger charge is -2.15. The number of thioether (sulfide) groups is 1. The molecule has 0 spiro atoms. The number of carboxylic acids is 1. The van der Waals surface area contributed by atoms with E-state index < -0.39 is 17.9 Å². The lowest BCUT2D eigenvalue weighted by Crippen LogP contribution is -2.41. The van der Waals surface area contributed by atoms with E-state index in [2.05, 4.69) is 5.32 Å². The molecule has 1 aromatic rings. The van der Waals surface area contributed by atoms with Gasteiger partial charge in [-0.25, -0.2) is 4.79 Å². The molecule has 5 nitrogen and oxygen atoms in total. The Bertz CT molecular complexity index is 442. The Morgan fingerprint density at radius 1 is 1.42 bits per heavy atom. The third-order valence-electron chi connectivity index (χ3n) is 2.48. The van der Waals surface area contributed by atoms with Gasteiger partial charge < -0.3 is 14.8 Å². The fraction of sp³-hybridized carbons (Fsp3) is 0.538. The number of hydrogen-bond donors (Lipinski definition) is 2. The predicted molar refractivity (Wildman–Crippen MR) is 74.3 cm³/mol. The van der Waals surface area contributed by atoms with Gasteiger partial charge in [-0.05, 0) is 30.7 Å². The van der Waals surface area contributed by atoms with E-state index in [-0.39, 0.29) is 11.7 Å². The molecule has 1 unspecified atom stereocenters. The molecule has 6 heteroatoms. The number of furan rings is 1. The van der Waals surface area contributed by atoms with Crippen molar-refractivity contribution in [3.05, 3.63) is 23.7 Å². The van der Waals surface area contributed by atoms with Crippen LogP contribution in [0, 0.1) is 5.92 Å². The Hall–Kier alpha value is -1.43. The zero-order chi connectivity index (χ0) is 14.4. The van der Waals surface area contributed by atoms with Crippen molar-refractivity contribution in [2.45, 2.75) is 32.1 Å². The largest absolute Gasteiger partial charge is 0.480 e. The van der Waals surface area contributed by atoms with Crippen LogP contribution < -0.4 is 5.32 Å². The highest BCUT2D eigenvalue weighted by Gasteiger charge is 2.23. The maximum absolute atomic E-state index is 11.9. The standard InChI is InChI=1S/C13H19NO4S/c1-8(2)6-10(13(16)17)14-12(15)11-5-4-9(18-11)7-19-3/h4-5,8,10H,6-7H2,1-3H3,(H,14,15)(H,16,17). The Balaban J connectivity index is 2.67. The van der Waals surface area contributed by atoms with E-state index in [1.54, 1.807) is 23.9 Å². The van der Waals surface area contributed by atoms with E-state index in [0.717, 1.165) is 0 Å². The average molecular weight is 285 g/mol. The number of amides is 1. The molecule has 1 amide bonds.